The van der Waals surface area contributed by atoms with Crippen molar-refractivity contribution < 1.29 is 14.7 Å². The highest BCUT2D eigenvalue weighted by Gasteiger charge is 2.53. The van der Waals surface area contributed by atoms with Crippen LogP contribution in [0.5, 0.6) is 0 Å². The molecule has 0 fully saturated rings. The van der Waals surface area contributed by atoms with Crippen molar-refractivity contribution in [1.82, 2.24) is 0 Å². The number of benzene rings is 2. The molecule has 2 aromatic rings. The molecule has 0 aliphatic carbocycles. The van der Waals surface area contributed by atoms with E-state index in [1.807, 2.05) is 6.92 Å². The van der Waals surface area contributed by atoms with Gasteiger partial charge in [-0.2, -0.15) is 0 Å². The number of nitrogens with two attached hydrogens (primary N) is 1. The molecule has 0 radical (unpaired) electrons. The van der Waals surface area contributed by atoms with Crippen molar-refractivity contribution in [3.63, 3.8) is 0 Å². The summed E-state index contributed by atoms with van der Waals surface area (Å²) in [4.78, 5) is 26.1. The van der Waals surface area contributed by atoms with Gasteiger partial charge in [0, 0.05) is 28.3 Å². The number of hydrogen-bond donors (Lipinski definition) is 2. The van der Waals surface area contributed by atoms with E-state index < -0.39 is 17.4 Å². The maximum atomic E-state index is 13.1. The lowest BCUT2D eigenvalue weighted by Gasteiger charge is -2.24. The van der Waals surface area contributed by atoms with Crippen LogP contribution in [-0.4, -0.2) is 23.5 Å². The highest BCUT2D eigenvalue weighted by atomic mass is 35.5. The van der Waals surface area contributed by atoms with Gasteiger partial charge in [0.25, 0.3) is 5.91 Å². The van der Waals surface area contributed by atoms with E-state index in [9.17, 15) is 14.7 Å². The Hall–Kier alpha value is -2.08. The SMILES string of the molecule is CCCN1C(=O)C(O)(c2ccccc2Cl)c2c(Cl)cc(C(N)=O)cc21. The standard InChI is InChI=1S/C18H16Cl2N2O3/c1-2-7-22-14-9-10(16(21)23)8-13(20)15(14)18(25,17(22)24)11-5-3-4-6-12(11)19/h3-6,8-9,25H,2,7H2,1H3,(H2,21,23). The molecule has 3 N–H and O–H groups in total. The van der Waals surface area contributed by atoms with E-state index in [4.69, 9.17) is 28.9 Å². The van der Waals surface area contributed by atoms with Crippen LogP contribution < -0.4 is 10.6 Å². The van der Waals surface area contributed by atoms with Crippen LogP contribution in [0.25, 0.3) is 0 Å². The molecular weight excluding hydrogens is 363 g/mol. The van der Waals surface area contributed by atoms with E-state index in [-0.39, 0.29) is 26.7 Å². The predicted octanol–water partition coefficient (Wildman–Crippen LogP) is 3.08. The van der Waals surface area contributed by atoms with Crippen molar-refractivity contribution in [2.75, 3.05) is 11.4 Å². The molecule has 0 saturated carbocycles. The minimum Gasteiger partial charge on any atom is -0.372 e. The maximum Gasteiger partial charge on any atom is 0.268 e. The van der Waals surface area contributed by atoms with Crippen molar-refractivity contribution in [3.05, 3.63) is 63.1 Å². The highest BCUT2D eigenvalue weighted by molar-refractivity contribution is 6.35. The second-order valence-corrected chi connectivity index (χ2v) is 6.68. The van der Waals surface area contributed by atoms with Crippen LogP contribution in [0.3, 0.4) is 0 Å². The molecule has 25 heavy (non-hydrogen) atoms. The number of halogens is 2. The highest BCUT2D eigenvalue weighted by Crippen LogP contribution is 2.49. The number of aliphatic hydroxyl groups is 1. The molecule has 0 aromatic heterocycles. The van der Waals surface area contributed by atoms with E-state index in [1.165, 1.54) is 17.0 Å². The minimum atomic E-state index is -2.02. The number of rotatable bonds is 4. The summed E-state index contributed by atoms with van der Waals surface area (Å²) in [5.41, 5.74) is 4.33. The molecule has 1 aliphatic heterocycles. The second-order valence-electron chi connectivity index (χ2n) is 5.86. The minimum absolute atomic E-state index is 0.0840. The molecule has 1 aliphatic rings. The van der Waals surface area contributed by atoms with E-state index in [2.05, 4.69) is 0 Å². The Kier molecular flexibility index (Phi) is 4.49. The van der Waals surface area contributed by atoms with Gasteiger partial charge in [-0.25, -0.2) is 0 Å². The summed E-state index contributed by atoms with van der Waals surface area (Å²) < 4.78 is 0. The van der Waals surface area contributed by atoms with Gasteiger partial charge in [-0.3, -0.25) is 9.59 Å². The zero-order chi connectivity index (χ0) is 18.4. The fourth-order valence-corrected chi connectivity index (χ4v) is 3.79. The molecule has 130 valence electrons. The van der Waals surface area contributed by atoms with Crippen molar-refractivity contribution in [2.45, 2.75) is 18.9 Å². The zero-order valence-corrected chi connectivity index (χ0v) is 14.9. The molecule has 3 rings (SSSR count). The van der Waals surface area contributed by atoms with Gasteiger partial charge in [0.1, 0.15) is 0 Å². The first-order valence-electron chi connectivity index (χ1n) is 7.75. The third-order valence-corrected chi connectivity index (χ3v) is 4.90. The van der Waals surface area contributed by atoms with Crippen molar-refractivity contribution in [3.8, 4) is 0 Å². The van der Waals surface area contributed by atoms with Crippen LogP contribution in [0, 0.1) is 0 Å². The summed E-state index contributed by atoms with van der Waals surface area (Å²) in [5.74, 6) is -1.22. The number of primary amides is 1. The summed E-state index contributed by atoms with van der Waals surface area (Å²) in [6.45, 7) is 2.26. The number of carbonyl (C=O) groups is 2. The molecule has 0 bridgehead atoms. The zero-order valence-electron chi connectivity index (χ0n) is 13.4. The van der Waals surface area contributed by atoms with Crippen LogP contribution in [0.15, 0.2) is 36.4 Å². The second kappa shape index (κ2) is 6.33. The number of amides is 2. The van der Waals surface area contributed by atoms with Gasteiger partial charge in [-0.1, -0.05) is 48.3 Å². The summed E-state index contributed by atoms with van der Waals surface area (Å²) in [7, 11) is 0. The van der Waals surface area contributed by atoms with Gasteiger partial charge in [0.05, 0.1) is 10.7 Å². The lowest BCUT2D eigenvalue weighted by Crippen LogP contribution is -2.41. The van der Waals surface area contributed by atoms with Gasteiger partial charge in [0.2, 0.25) is 5.91 Å². The summed E-state index contributed by atoms with van der Waals surface area (Å²) in [6.07, 6.45) is 0.655. The van der Waals surface area contributed by atoms with Crippen LogP contribution in [-0.2, 0) is 10.4 Å². The van der Waals surface area contributed by atoms with E-state index in [0.717, 1.165) is 0 Å². The average Bonchev–Trinajstić information content (AvgIpc) is 2.78. The first-order chi connectivity index (χ1) is 11.8. The first-order valence-corrected chi connectivity index (χ1v) is 8.51. The summed E-state index contributed by atoms with van der Waals surface area (Å²) in [5, 5.41) is 11.7. The van der Waals surface area contributed by atoms with E-state index in [0.29, 0.717) is 18.7 Å². The average molecular weight is 379 g/mol. The Bertz CT molecular complexity index is 885. The fourth-order valence-electron chi connectivity index (χ4n) is 3.17. The lowest BCUT2D eigenvalue weighted by molar-refractivity contribution is -0.132. The third kappa shape index (κ3) is 2.59. The van der Waals surface area contributed by atoms with Crippen LogP contribution in [0.2, 0.25) is 10.0 Å². The molecule has 1 unspecified atom stereocenters. The Morgan fingerprint density at radius 1 is 1.24 bits per heavy atom. The topological polar surface area (TPSA) is 83.6 Å². The Morgan fingerprint density at radius 3 is 2.52 bits per heavy atom. The summed E-state index contributed by atoms with van der Waals surface area (Å²) >= 11 is 12.6. The summed E-state index contributed by atoms with van der Waals surface area (Å²) in [6, 6.07) is 9.39. The van der Waals surface area contributed by atoms with E-state index in [1.54, 1.807) is 24.3 Å². The Morgan fingerprint density at radius 2 is 1.92 bits per heavy atom. The quantitative estimate of drug-likeness (QED) is 0.857. The molecule has 1 heterocycles. The molecule has 2 aromatic carbocycles. The van der Waals surface area contributed by atoms with Gasteiger partial charge < -0.3 is 15.7 Å². The molecule has 7 heteroatoms. The van der Waals surface area contributed by atoms with E-state index >= 15 is 0 Å². The molecule has 0 spiro atoms. The fraction of sp³-hybridized carbons (Fsp3) is 0.222. The largest absolute Gasteiger partial charge is 0.372 e. The molecule has 5 nitrogen and oxygen atoms in total. The van der Waals surface area contributed by atoms with Gasteiger partial charge in [0.15, 0.2) is 5.60 Å². The molecule has 1 atom stereocenters. The lowest BCUT2D eigenvalue weighted by atomic mass is 9.87. The van der Waals surface area contributed by atoms with Crippen LogP contribution in [0.1, 0.15) is 34.8 Å². The molecule has 0 saturated heterocycles. The van der Waals surface area contributed by atoms with Crippen LogP contribution >= 0.6 is 23.2 Å². The van der Waals surface area contributed by atoms with Crippen molar-refractivity contribution in [1.29, 1.82) is 0 Å². The number of hydrogen-bond acceptors (Lipinski definition) is 3. The Labute approximate surface area is 154 Å². The molecular formula is C18H16Cl2N2O3. The monoisotopic (exact) mass is 378 g/mol. The normalized spacial score (nSPS) is 19.2. The smallest absolute Gasteiger partial charge is 0.268 e. The van der Waals surface area contributed by atoms with Crippen molar-refractivity contribution in [2.24, 2.45) is 5.73 Å². The van der Waals surface area contributed by atoms with Crippen molar-refractivity contribution >= 4 is 40.7 Å². The van der Waals surface area contributed by atoms with Gasteiger partial charge >= 0.3 is 0 Å². The third-order valence-electron chi connectivity index (χ3n) is 4.27. The number of anilines is 1. The number of fused-ring (bicyclic) bond motifs is 1. The Balaban J connectivity index is 2.33. The maximum absolute atomic E-state index is 13.1. The predicted molar refractivity (Wildman–Crippen MR) is 97.1 cm³/mol. The van der Waals surface area contributed by atoms with Gasteiger partial charge in [-0.15, -0.1) is 0 Å². The number of carbonyl (C=O) groups excluding carboxylic acids is 2. The van der Waals surface area contributed by atoms with Gasteiger partial charge in [-0.05, 0) is 24.6 Å². The molecule has 2 amide bonds. The first kappa shape index (κ1) is 17.7. The van der Waals surface area contributed by atoms with Crippen LogP contribution in [0.4, 0.5) is 5.69 Å². The number of nitrogens with zero attached hydrogens (tertiary/aromatic N) is 1.